The van der Waals surface area contributed by atoms with Crippen molar-refractivity contribution in [3.63, 3.8) is 0 Å². The second-order valence-electron chi connectivity index (χ2n) is 10.0. The first-order valence-electron chi connectivity index (χ1n) is 13.2. The van der Waals surface area contributed by atoms with E-state index in [0.29, 0.717) is 6.42 Å². The molecule has 1 heterocycles. The summed E-state index contributed by atoms with van der Waals surface area (Å²) >= 11 is 0. The monoisotopic (exact) mass is 491 g/mol. The molecule has 4 aromatic carbocycles. The fraction of sp³-hybridized carbons (Fsp3) is 0.242. The van der Waals surface area contributed by atoms with E-state index in [4.69, 9.17) is 4.74 Å². The van der Waals surface area contributed by atoms with Gasteiger partial charge in [0.1, 0.15) is 11.6 Å². The van der Waals surface area contributed by atoms with Crippen LogP contribution in [0.25, 0.3) is 16.3 Å². The second-order valence-corrected chi connectivity index (χ2v) is 10.0. The fourth-order valence-electron chi connectivity index (χ4n) is 5.76. The molecular formula is C33H30FNO2. The first-order valence-corrected chi connectivity index (χ1v) is 13.2. The Morgan fingerprint density at radius 1 is 0.892 bits per heavy atom. The number of ketones is 1. The van der Waals surface area contributed by atoms with Crippen LogP contribution in [0.3, 0.4) is 0 Å². The van der Waals surface area contributed by atoms with Gasteiger partial charge in [0.2, 0.25) is 0 Å². The molecule has 3 nitrogen and oxygen atoms in total. The van der Waals surface area contributed by atoms with Crippen LogP contribution in [0, 0.1) is 5.82 Å². The molecule has 0 saturated heterocycles. The van der Waals surface area contributed by atoms with Crippen molar-refractivity contribution in [3.8, 4) is 5.75 Å². The van der Waals surface area contributed by atoms with E-state index in [0.717, 1.165) is 75.9 Å². The molecule has 2 aliphatic rings. The number of nitrogens with one attached hydrogen (secondary N) is 1. The topological polar surface area (TPSA) is 38.3 Å². The molecule has 0 fully saturated rings. The van der Waals surface area contributed by atoms with Gasteiger partial charge in [-0.15, -0.1) is 0 Å². The Morgan fingerprint density at radius 3 is 2.43 bits per heavy atom. The smallest absolute Gasteiger partial charge is 0.162 e. The molecule has 0 spiro atoms. The van der Waals surface area contributed by atoms with Gasteiger partial charge in [-0.1, -0.05) is 67.9 Å². The van der Waals surface area contributed by atoms with Gasteiger partial charge in [-0.3, -0.25) is 4.79 Å². The molecule has 37 heavy (non-hydrogen) atoms. The van der Waals surface area contributed by atoms with Crippen molar-refractivity contribution in [1.29, 1.82) is 0 Å². The van der Waals surface area contributed by atoms with Crippen LogP contribution < -0.4 is 10.1 Å². The zero-order valence-electron chi connectivity index (χ0n) is 21.0. The third kappa shape index (κ3) is 4.42. The van der Waals surface area contributed by atoms with Gasteiger partial charge in [0.15, 0.2) is 5.78 Å². The summed E-state index contributed by atoms with van der Waals surface area (Å²) in [6.45, 7) is 2.87. The fourth-order valence-corrected chi connectivity index (χ4v) is 5.76. The standard InChI is InChI=1S/C33H30FNO2/c1-2-3-18-37-26-15-10-21(11-16-26)24-19-28-31-27-7-5-4-6-22(27)12-17-29(31)35-33(32(28)30(36)20-24)23-8-13-25(34)14-9-23/h4-17,24,33,35H,2-3,18-20H2,1H3/t24-,33-/m1/s1. The van der Waals surface area contributed by atoms with Crippen LogP contribution in [0.5, 0.6) is 5.75 Å². The Morgan fingerprint density at radius 2 is 1.65 bits per heavy atom. The van der Waals surface area contributed by atoms with Gasteiger partial charge in [-0.25, -0.2) is 4.39 Å². The Kier molecular flexibility index (Phi) is 6.25. The molecule has 1 N–H and O–H groups in total. The zero-order valence-corrected chi connectivity index (χ0v) is 21.0. The van der Waals surface area contributed by atoms with Gasteiger partial charge in [0.05, 0.1) is 12.6 Å². The van der Waals surface area contributed by atoms with Gasteiger partial charge in [0.25, 0.3) is 0 Å². The molecule has 1 aliphatic carbocycles. The van der Waals surface area contributed by atoms with E-state index in [1.54, 1.807) is 12.1 Å². The maximum Gasteiger partial charge on any atom is 0.162 e. The third-order valence-electron chi connectivity index (χ3n) is 7.65. The number of anilines is 1. The van der Waals surface area contributed by atoms with Crippen molar-refractivity contribution in [1.82, 2.24) is 0 Å². The second kappa shape index (κ2) is 9.85. The molecule has 2 atom stereocenters. The van der Waals surface area contributed by atoms with Crippen molar-refractivity contribution < 1.29 is 13.9 Å². The predicted molar refractivity (Wildman–Crippen MR) is 147 cm³/mol. The number of unbranched alkanes of at least 4 members (excludes halogenated alkanes) is 1. The maximum atomic E-state index is 13.9. The first-order chi connectivity index (χ1) is 18.1. The number of hydrogen-bond acceptors (Lipinski definition) is 3. The SMILES string of the molecule is CCCCOc1ccc([C@H]2CC(=O)C3=C(C2)c2c(ccc4ccccc24)N[C@@H]3c2ccc(F)cc2)cc1. The molecule has 0 saturated carbocycles. The summed E-state index contributed by atoms with van der Waals surface area (Å²) in [5, 5.41) is 5.92. The summed E-state index contributed by atoms with van der Waals surface area (Å²) < 4.78 is 19.6. The highest BCUT2D eigenvalue weighted by Gasteiger charge is 2.38. The van der Waals surface area contributed by atoms with Gasteiger partial charge in [0, 0.05) is 23.2 Å². The van der Waals surface area contributed by atoms with Crippen molar-refractivity contribution in [2.45, 2.75) is 44.6 Å². The third-order valence-corrected chi connectivity index (χ3v) is 7.65. The molecule has 0 aromatic heterocycles. The highest BCUT2D eigenvalue weighted by molar-refractivity contribution is 6.13. The van der Waals surface area contributed by atoms with Crippen molar-refractivity contribution in [3.05, 3.63) is 113 Å². The molecule has 1 aliphatic heterocycles. The van der Waals surface area contributed by atoms with Crippen LogP contribution in [-0.4, -0.2) is 12.4 Å². The Bertz CT molecular complexity index is 1490. The van der Waals surface area contributed by atoms with E-state index in [2.05, 4.69) is 48.6 Å². The Hall–Kier alpha value is -3.92. The van der Waals surface area contributed by atoms with E-state index in [-0.39, 0.29) is 23.6 Å². The highest BCUT2D eigenvalue weighted by Crippen LogP contribution is 2.51. The number of rotatable bonds is 6. The average Bonchev–Trinajstić information content (AvgIpc) is 2.93. The zero-order chi connectivity index (χ0) is 25.4. The summed E-state index contributed by atoms with van der Waals surface area (Å²) in [5.41, 5.74) is 6.09. The summed E-state index contributed by atoms with van der Waals surface area (Å²) in [4.78, 5) is 13.9. The lowest BCUT2D eigenvalue weighted by Gasteiger charge is -2.37. The highest BCUT2D eigenvalue weighted by atomic mass is 19.1. The maximum absolute atomic E-state index is 13.9. The number of fused-ring (bicyclic) bond motifs is 4. The van der Waals surface area contributed by atoms with Crippen molar-refractivity contribution in [2.75, 3.05) is 11.9 Å². The lowest BCUT2D eigenvalue weighted by molar-refractivity contribution is -0.116. The van der Waals surface area contributed by atoms with Crippen LogP contribution in [0.1, 0.15) is 61.3 Å². The largest absolute Gasteiger partial charge is 0.494 e. The number of benzene rings is 4. The van der Waals surface area contributed by atoms with Crippen molar-refractivity contribution in [2.24, 2.45) is 0 Å². The molecule has 4 aromatic rings. The Balaban J connectivity index is 1.43. The summed E-state index contributed by atoms with van der Waals surface area (Å²) in [6.07, 6.45) is 3.36. The number of ether oxygens (including phenoxy) is 1. The summed E-state index contributed by atoms with van der Waals surface area (Å²) in [5.74, 6) is 0.829. The van der Waals surface area contributed by atoms with Crippen LogP contribution in [0.15, 0.2) is 90.5 Å². The average molecular weight is 492 g/mol. The number of carbonyl (C=O) groups is 1. The molecule has 6 rings (SSSR count). The Labute approximate surface area is 217 Å². The van der Waals surface area contributed by atoms with E-state index < -0.39 is 0 Å². The normalized spacial score (nSPS) is 18.8. The lowest BCUT2D eigenvalue weighted by Crippen LogP contribution is -2.29. The molecule has 186 valence electrons. The van der Waals surface area contributed by atoms with E-state index in [9.17, 15) is 9.18 Å². The van der Waals surface area contributed by atoms with E-state index >= 15 is 0 Å². The lowest BCUT2D eigenvalue weighted by atomic mass is 9.71. The van der Waals surface area contributed by atoms with Crippen LogP contribution in [0.2, 0.25) is 0 Å². The summed E-state index contributed by atoms with van der Waals surface area (Å²) in [7, 11) is 0. The minimum Gasteiger partial charge on any atom is -0.494 e. The van der Waals surface area contributed by atoms with Gasteiger partial charge in [-0.2, -0.15) is 0 Å². The van der Waals surface area contributed by atoms with E-state index in [1.165, 1.54) is 12.1 Å². The molecule has 0 radical (unpaired) electrons. The number of hydrogen-bond donors (Lipinski definition) is 1. The number of halogens is 1. The number of allylic oxidation sites excluding steroid dienone is 1. The number of Topliss-reactive ketones (excluding diaryl/α,β-unsaturated/α-hetero) is 1. The molecule has 4 heteroatoms. The molecule has 0 amide bonds. The van der Waals surface area contributed by atoms with Gasteiger partial charge >= 0.3 is 0 Å². The quantitative estimate of drug-likeness (QED) is 0.276. The van der Waals surface area contributed by atoms with E-state index in [1.807, 2.05) is 24.3 Å². The minimum atomic E-state index is -0.299. The summed E-state index contributed by atoms with van der Waals surface area (Å²) in [6, 6.07) is 27.0. The van der Waals surface area contributed by atoms with Crippen LogP contribution >= 0.6 is 0 Å². The predicted octanol–water partition coefficient (Wildman–Crippen LogP) is 8.22. The van der Waals surface area contributed by atoms with Gasteiger partial charge in [-0.05, 0) is 76.6 Å². The number of carbonyl (C=O) groups excluding carboxylic acids is 1. The van der Waals surface area contributed by atoms with Crippen LogP contribution in [0.4, 0.5) is 10.1 Å². The van der Waals surface area contributed by atoms with Gasteiger partial charge < -0.3 is 10.1 Å². The first kappa shape index (κ1) is 23.5. The molecular weight excluding hydrogens is 461 g/mol. The van der Waals surface area contributed by atoms with Crippen LogP contribution in [-0.2, 0) is 4.79 Å². The molecule has 0 unspecified atom stereocenters. The molecule has 0 bridgehead atoms. The van der Waals surface area contributed by atoms with Crippen molar-refractivity contribution >= 4 is 27.8 Å². The minimum absolute atomic E-state index is 0.0923.